The van der Waals surface area contributed by atoms with Crippen LogP contribution in [-0.2, 0) is 24.1 Å². The lowest BCUT2D eigenvalue weighted by Crippen LogP contribution is -2.08. The van der Waals surface area contributed by atoms with Crippen molar-refractivity contribution < 1.29 is 4.74 Å². The third kappa shape index (κ3) is 2.81. The van der Waals surface area contributed by atoms with E-state index in [9.17, 15) is 0 Å². The molecule has 1 unspecified atom stereocenters. The fourth-order valence-corrected chi connectivity index (χ4v) is 3.17. The molecule has 4 heteroatoms. The van der Waals surface area contributed by atoms with Crippen LogP contribution in [-0.4, -0.2) is 17.7 Å². The summed E-state index contributed by atoms with van der Waals surface area (Å²) in [6.45, 7) is 3.72. The van der Waals surface area contributed by atoms with E-state index in [1.54, 1.807) is 11.3 Å². The van der Waals surface area contributed by atoms with Gasteiger partial charge in [0.15, 0.2) is 0 Å². The van der Waals surface area contributed by atoms with Gasteiger partial charge in [0.1, 0.15) is 0 Å². The van der Waals surface area contributed by atoms with E-state index in [4.69, 9.17) is 15.5 Å². The second-order valence-electron chi connectivity index (χ2n) is 4.27. The number of hydrogen-bond acceptors (Lipinski definition) is 4. The SMILES string of the molecule is CCCc1nc(CC2CCCO2)sc1CN. The standard InChI is InChI=1S/C12H20N2OS/c1-2-4-10-11(8-13)16-12(14-10)7-9-5-3-6-15-9/h9H,2-8,13H2,1H3. The predicted molar refractivity (Wildman–Crippen MR) is 66.7 cm³/mol. The molecule has 2 rings (SSSR count). The van der Waals surface area contributed by atoms with Gasteiger partial charge in [0.25, 0.3) is 0 Å². The third-order valence-electron chi connectivity index (χ3n) is 2.92. The number of rotatable bonds is 5. The van der Waals surface area contributed by atoms with E-state index >= 15 is 0 Å². The molecular formula is C12H20N2OS. The quantitative estimate of drug-likeness (QED) is 0.859. The molecule has 2 heterocycles. The first-order valence-corrected chi connectivity index (χ1v) is 6.94. The van der Waals surface area contributed by atoms with Gasteiger partial charge in [-0.15, -0.1) is 11.3 Å². The Kier molecular flexibility index (Phi) is 4.32. The first-order valence-electron chi connectivity index (χ1n) is 6.12. The van der Waals surface area contributed by atoms with Crippen molar-refractivity contribution in [3.63, 3.8) is 0 Å². The van der Waals surface area contributed by atoms with Gasteiger partial charge in [0.05, 0.1) is 16.8 Å². The maximum atomic E-state index is 5.74. The topological polar surface area (TPSA) is 48.1 Å². The lowest BCUT2D eigenvalue weighted by Gasteiger charge is -2.05. The Morgan fingerprint density at radius 1 is 1.56 bits per heavy atom. The Morgan fingerprint density at radius 3 is 3.06 bits per heavy atom. The fraction of sp³-hybridized carbons (Fsp3) is 0.750. The summed E-state index contributed by atoms with van der Waals surface area (Å²) in [4.78, 5) is 5.95. The summed E-state index contributed by atoms with van der Waals surface area (Å²) in [6, 6.07) is 0. The van der Waals surface area contributed by atoms with E-state index in [2.05, 4.69) is 6.92 Å². The summed E-state index contributed by atoms with van der Waals surface area (Å²) < 4.78 is 5.64. The Bertz CT molecular complexity index is 332. The smallest absolute Gasteiger partial charge is 0.0957 e. The summed E-state index contributed by atoms with van der Waals surface area (Å²) in [7, 11) is 0. The van der Waals surface area contributed by atoms with Crippen LogP contribution in [0.3, 0.4) is 0 Å². The van der Waals surface area contributed by atoms with Crippen LogP contribution in [0.2, 0.25) is 0 Å². The number of hydrogen-bond donors (Lipinski definition) is 1. The molecule has 1 aliphatic heterocycles. The van der Waals surface area contributed by atoms with Gasteiger partial charge in [-0.2, -0.15) is 0 Å². The molecule has 0 radical (unpaired) electrons. The lowest BCUT2D eigenvalue weighted by molar-refractivity contribution is 0.111. The minimum Gasteiger partial charge on any atom is -0.378 e. The average Bonchev–Trinajstić information content (AvgIpc) is 2.89. The van der Waals surface area contributed by atoms with Crippen LogP contribution in [0.15, 0.2) is 0 Å². The minimum absolute atomic E-state index is 0.395. The Labute approximate surface area is 101 Å². The van der Waals surface area contributed by atoms with Crippen molar-refractivity contribution in [2.75, 3.05) is 6.61 Å². The zero-order valence-corrected chi connectivity index (χ0v) is 10.7. The monoisotopic (exact) mass is 240 g/mol. The molecule has 2 N–H and O–H groups in total. The highest BCUT2D eigenvalue weighted by atomic mass is 32.1. The second kappa shape index (κ2) is 5.75. The summed E-state index contributed by atoms with van der Waals surface area (Å²) in [5.74, 6) is 0. The summed E-state index contributed by atoms with van der Waals surface area (Å²) in [6.07, 6.45) is 5.93. The number of nitrogens with zero attached hydrogens (tertiary/aromatic N) is 1. The van der Waals surface area contributed by atoms with Crippen LogP contribution in [0.4, 0.5) is 0 Å². The average molecular weight is 240 g/mol. The number of nitrogens with two attached hydrogens (primary N) is 1. The molecule has 16 heavy (non-hydrogen) atoms. The molecule has 1 aliphatic rings. The highest BCUT2D eigenvalue weighted by Crippen LogP contribution is 2.24. The fourth-order valence-electron chi connectivity index (χ4n) is 2.12. The molecule has 0 aliphatic carbocycles. The zero-order chi connectivity index (χ0) is 11.4. The normalized spacial score (nSPS) is 20.5. The molecule has 0 spiro atoms. The van der Waals surface area contributed by atoms with Crippen molar-refractivity contribution in [3.8, 4) is 0 Å². The van der Waals surface area contributed by atoms with Gasteiger partial charge in [0.2, 0.25) is 0 Å². The van der Waals surface area contributed by atoms with Gasteiger partial charge in [-0.05, 0) is 19.3 Å². The van der Waals surface area contributed by atoms with Crippen molar-refractivity contribution in [1.82, 2.24) is 4.98 Å². The van der Waals surface area contributed by atoms with E-state index in [1.165, 1.54) is 28.4 Å². The van der Waals surface area contributed by atoms with E-state index in [1.807, 2.05) is 0 Å². The van der Waals surface area contributed by atoms with Crippen LogP contribution >= 0.6 is 11.3 Å². The van der Waals surface area contributed by atoms with E-state index in [-0.39, 0.29) is 0 Å². The second-order valence-corrected chi connectivity index (χ2v) is 5.44. The van der Waals surface area contributed by atoms with Gasteiger partial charge in [0, 0.05) is 24.4 Å². The van der Waals surface area contributed by atoms with Crippen LogP contribution in [0, 0.1) is 0 Å². The molecule has 90 valence electrons. The molecule has 1 aromatic heterocycles. The zero-order valence-electron chi connectivity index (χ0n) is 9.87. The van der Waals surface area contributed by atoms with Gasteiger partial charge >= 0.3 is 0 Å². The van der Waals surface area contributed by atoms with E-state index < -0.39 is 0 Å². The molecule has 0 aromatic carbocycles. The Hall–Kier alpha value is -0.450. The van der Waals surface area contributed by atoms with Crippen LogP contribution in [0.1, 0.15) is 41.8 Å². The molecule has 3 nitrogen and oxygen atoms in total. The molecule has 1 fully saturated rings. The largest absolute Gasteiger partial charge is 0.378 e. The summed E-state index contributed by atoms with van der Waals surface area (Å²) >= 11 is 1.77. The maximum absolute atomic E-state index is 5.74. The van der Waals surface area contributed by atoms with Crippen molar-refractivity contribution in [2.24, 2.45) is 5.73 Å². The van der Waals surface area contributed by atoms with Crippen molar-refractivity contribution >= 4 is 11.3 Å². The molecule has 1 aromatic rings. The Balaban J connectivity index is 2.02. The van der Waals surface area contributed by atoms with E-state index in [0.717, 1.165) is 25.9 Å². The third-order valence-corrected chi connectivity index (χ3v) is 4.06. The first kappa shape index (κ1) is 12.0. The summed E-state index contributed by atoms with van der Waals surface area (Å²) in [5.41, 5.74) is 6.95. The predicted octanol–water partition coefficient (Wildman–Crippen LogP) is 2.28. The molecule has 0 amide bonds. The highest BCUT2D eigenvalue weighted by molar-refractivity contribution is 7.11. The molecule has 0 bridgehead atoms. The lowest BCUT2D eigenvalue weighted by atomic mass is 10.2. The van der Waals surface area contributed by atoms with E-state index in [0.29, 0.717) is 12.6 Å². The van der Waals surface area contributed by atoms with Crippen molar-refractivity contribution in [3.05, 3.63) is 15.6 Å². The van der Waals surface area contributed by atoms with Gasteiger partial charge in [-0.1, -0.05) is 13.3 Å². The van der Waals surface area contributed by atoms with Crippen molar-refractivity contribution in [1.29, 1.82) is 0 Å². The van der Waals surface area contributed by atoms with Crippen LogP contribution in [0.25, 0.3) is 0 Å². The number of aryl methyl sites for hydroxylation is 1. The first-order chi connectivity index (χ1) is 7.83. The highest BCUT2D eigenvalue weighted by Gasteiger charge is 2.18. The molecule has 1 saturated heterocycles. The van der Waals surface area contributed by atoms with Gasteiger partial charge in [-0.25, -0.2) is 4.98 Å². The number of thiazole rings is 1. The number of aromatic nitrogens is 1. The van der Waals surface area contributed by atoms with Crippen LogP contribution in [0.5, 0.6) is 0 Å². The van der Waals surface area contributed by atoms with Gasteiger partial charge < -0.3 is 10.5 Å². The Morgan fingerprint density at radius 2 is 2.44 bits per heavy atom. The maximum Gasteiger partial charge on any atom is 0.0957 e. The minimum atomic E-state index is 0.395. The van der Waals surface area contributed by atoms with Crippen molar-refractivity contribution in [2.45, 2.75) is 51.7 Å². The molecule has 1 atom stereocenters. The summed E-state index contributed by atoms with van der Waals surface area (Å²) in [5, 5.41) is 1.20. The van der Waals surface area contributed by atoms with Crippen LogP contribution < -0.4 is 5.73 Å². The number of ether oxygens (including phenoxy) is 1. The molecular weight excluding hydrogens is 220 g/mol. The van der Waals surface area contributed by atoms with Gasteiger partial charge in [-0.3, -0.25) is 0 Å². The molecule has 0 saturated carbocycles.